The molecule has 2 aromatic carbocycles. The molecule has 3 rings (SSSR count). The summed E-state index contributed by atoms with van der Waals surface area (Å²) in [7, 11) is 0. The average molecular weight is 684 g/mol. The molecule has 0 aliphatic carbocycles. The molecule has 0 amide bonds. The summed E-state index contributed by atoms with van der Waals surface area (Å²) < 4.78 is 5.07. The van der Waals surface area contributed by atoms with Gasteiger partial charge >= 0.3 is 0 Å². The molecule has 2 atom stereocenters. The van der Waals surface area contributed by atoms with Crippen molar-refractivity contribution in [2.24, 2.45) is 0 Å². The highest BCUT2D eigenvalue weighted by atomic mass is 15.1. The van der Waals surface area contributed by atoms with E-state index in [2.05, 4.69) is 109 Å². The molecule has 0 fully saturated rings. The van der Waals surface area contributed by atoms with Gasteiger partial charge in [0.25, 0.3) is 0 Å². The molecule has 280 valence electrons. The maximum absolute atomic E-state index is 2.59. The maximum Gasteiger partial charge on any atom is 0.244 e. The van der Waals surface area contributed by atoms with Crippen LogP contribution in [-0.2, 0) is 18.4 Å². The number of hydrogen-bond donors (Lipinski definition) is 0. The summed E-state index contributed by atoms with van der Waals surface area (Å²) >= 11 is 0. The summed E-state index contributed by atoms with van der Waals surface area (Å²) in [5.41, 5.74) is 2.91. The normalized spacial score (nSPS) is 13.4. The van der Waals surface area contributed by atoms with Gasteiger partial charge in [-0.15, -0.1) is 0 Å². The lowest BCUT2D eigenvalue weighted by atomic mass is 9.70. The Bertz CT molecular complexity index is 1170. The Kier molecular flexibility index (Phi) is 23.0. The van der Waals surface area contributed by atoms with E-state index in [1.165, 1.54) is 178 Å². The van der Waals surface area contributed by atoms with Crippen LogP contribution in [0.5, 0.6) is 0 Å². The van der Waals surface area contributed by atoms with Crippen molar-refractivity contribution in [1.29, 1.82) is 0 Å². The van der Waals surface area contributed by atoms with Crippen LogP contribution in [0.25, 0.3) is 0 Å². The largest absolute Gasteiger partial charge is 0.244 e. The molecule has 0 radical (unpaired) electrons. The van der Waals surface area contributed by atoms with E-state index in [4.69, 9.17) is 0 Å². The maximum atomic E-state index is 2.59. The lowest BCUT2D eigenvalue weighted by molar-refractivity contribution is -0.697. The molecule has 0 bridgehead atoms. The molecule has 50 heavy (non-hydrogen) atoms. The van der Waals surface area contributed by atoms with E-state index in [1.807, 2.05) is 0 Å². The molecule has 2 nitrogen and oxygen atoms in total. The molecule has 1 aromatic heterocycles. The van der Waals surface area contributed by atoms with Crippen molar-refractivity contribution in [3.05, 3.63) is 90.5 Å². The fourth-order valence-corrected chi connectivity index (χ4v) is 8.27. The molecular weight excluding hydrogens is 605 g/mol. The lowest BCUT2D eigenvalue weighted by Gasteiger charge is -2.37. The summed E-state index contributed by atoms with van der Waals surface area (Å²) in [4.78, 5) is 0. The molecule has 0 spiro atoms. The van der Waals surface area contributed by atoms with E-state index >= 15 is 0 Å². The van der Waals surface area contributed by atoms with Crippen molar-refractivity contribution >= 4 is 0 Å². The van der Waals surface area contributed by atoms with Crippen LogP contribution in [0.3, 0.4) is 0 Å². The SMILES string of the molecule is CCCCCCCCCCCCCCCC(n1cc[n+](CCCCCCCCCCCCCC)c1)C(C)(Cc1ccccc1)c1ccccc1. The van der Waals surface area contributed by atoms with Crippen LogP contribution in [0.4, 0.5) is 0 Å². The van der Waals surface area contributed by atoms with Gasteiger partial charge in [-0.05, 0) is 43.2 Å². The Morgan fingerprint density at radius 2 is 0.940 bits per heavy atom. The minimum absolute atomic E-state index is 0.00654. The highest BCUT2D eigenvalue weighted by molar-refractivity contribution is 5.30. The number of aromatic nitrogens is 2. The summed E-state index contributed by atoms with van der Waals surface area (Å²) in [6.45, 7) is 8.29. The number of benzene rings is 2. The highest BCUT2D eigenvalue weighted by Gasteiger charge is 2.40. The number of aryl methyl sites for hydroxylation is 1. The van der Waals surface area contributed by atoms with Gasteiger partial charge in [0.2, 0.25) is 6.33 Å². The van der Waals surface area contributed by atoms with E-state index in [1.54, 1.807) is 0 Å². The fourth-order valence-electron chi connectivity index (χ4n) is 8.27. The van der Waals surface area contributed by atoms with E-state index < -0.39 is 0 Å². The van der Waals surface area contributed by atoms with Crippen LogP contribution in [0.15, 0.2) is 79.4 Å². The second-order valence-corrected chi connectivity index (χ2v) is 16.0. The van der Waals surface area contributed by atoms with E-state index in [0.29, 0.717) is 6.04 Å². The summed E-state index contributed by atoms with van der Waals surface area (Å²) in [5.74, 6) is 0. The quantitative estimate of drug-likeness (QED) is 0.0457. The first kappa shape index (κ1) is 42.1. The molecule has 2 heteroatoms. The standard InChI is InChI=1S/C48H79N2/c1-4-6-8-10-12-14-16-18-19-21-23-25-33-39-47(48(3,46-37-31-28-32-38-46)43-45-35-29-27-30-36-45)50-42-41-49(44-50)40-34-26-24-22-20-17-15-13-11-9-7-5-2/h27-32,35-38,41-42,44,47H,4-26,33-34,39-40,43H2,1-3H3/q+1. The molecule has 1 heterocycles. The van der Waals surface area contributed by atoms with Gasteiger partial charge in [-0.1, -0.05) is 223 Å². The van der Waals surface area contributed by atoms with Gasteiger partial charge in [0.1, 0.15) is 18.4 Å². The highest BCUT2D eigenvalue weighted by Crippen LogP contribution is 2.41. The third kappa shape index (κ3) is 17.2. The third-order valence-electron chi connectivity index (χ3n) is 11.5. The zero-order valence-electron chi connectivity index (χ0n) is 33.3. The van der Waals surface area contributed by atoms with Gasteiger partial charge in [-0.25, -0.2) is 9.13 Å². The Hall–Kier alpha value is -2.35. The Morgan fingerprint density at radius 1 is 0.520 bits per heavy atom. The van der Waals surface area contributed by atoms with Crippen LogP contribution in [0.1, 0.15) is 205 Å². The van der Waals surface area contributed by atoms with Crippen LogP contribution in [-0.4, -0.2) is 4.57 Å². The lowest BCUT2D eigenvalue weighted by Crippen LogP contribution is -2.38. The minimum atomic E-state index is 0.00654. The Balaban J connectivity index is 1.52. The predicted molar refractivity (Wildman–Crippen MR) is 219 cm³/mol. The smallest absolute Gasteiger partial charge is 0.237 e. The molecular formula is C48H79N2+. The van der Waals surface area contributed by atoms with Crippen molar-refractivity contribution in [3.63, 3.8) is 0 Å². The van der Waals surface area contributed by atoms with Crippen LogP contribution in [0.2, 0.25) is 0 Å². The van der Waals surface area contributed by atoms with Crippen molar-refractivity contribution in [3.8, 4) is 0 Å². The first-order valence-corrected chi connectivity index (χ1v) is 21.8. The molecule has 0 N–H and O–H groups in total. The average Bonchev–Trinajstić information content (AvgIpc) is 3.61. The van der Waals surface area contributed by atoms with E-state index in [-0.39, 0.29) is 5.41 Å². The molecule has 0 aliphatic rings. The third-order valence-corrected chi connectivity index (χ3v) is 11.5. The molecule has 0 saturated heterocycles. The van der Waals surface area contributed by atoms with Crippen molar-refractivity contribution in [1.82, 2.24) is 4.57 Å². The minimum Gasteiger partial charge on any atom is -0.237 e. The Labute approximate surface area is 310 Å². The van der Waals surface area contributed by atoms with Gasteiger partial charge in [0.05, 0.1) is 6.54 Å². The van der Waals surface area contributed by atoms with Crippen molar-refractivity contribution in [2.45, 2.75) is 212 Å². The number of imidazole rings is 1. The fraction of sp³-hybridized carbons (Fsp3) is 0.688. The molecule has 2 unspecified atom stereocenters. The zero-order chi connectivity index (χ0) is 35.4. The zero-order valence-corrected chi connectivity index (χ0v) is 33.3. The number of nitrogens with zero attached hydrogens (tertiary/aromatic N) is 2. The second-order valence-electron chi connectivity index (χ2n) is 16.0. The molecule has 3 aromatic rings. The van der Waals surface area contributed by atoms with Gasteiger partial charge < -0.3 is 0 Å². The van der Waals surface area contributed by atoms with Gasteiger partial charge in [-0.2, -0.15) is 0 Å². The van der Waals surface area contributed by atoms with Crippen molar-refractivity contribution < 1.29 is 4.57 Å². The molecule has 0 saturated carbocycles. The molecule has 0 aliphatic heterocycles. The van der Waals surface area contributed by atoms with Gasteiger partial charge in [-0.3, -0.25) is 0 Å². The topological polar surface area (TPSA) is 8.81 Å². The van der Waals surface area contributed by atoms with Crippen LogP contribution in [0, 0.1) is 0 Å². The summed E-state index contributed by atoms with van der Waals surface area (Å²) in [5, 5.41) is 0. The number of rotatable bonds is 32. The summed E-state index contributed by atoms with van der Waals surface area (Å²) in [6.07, 6.45) is 44.6. The van der Waals surface area contributed by atoms with E-state index in [9.17, 15) is 0 Å². The Morgan fingerprint density at radius 3 is 1.42 bits per heavy atom. The van der Waals surface area contributed by atoms with Gasteiger partial charge in [0.15, 0.2) is 0 Å². The number of unbranched alkanes of at least 4 members (excludes halogenated alkanes) is 23. The predicted octanol–water partition coefficient (Wildman–Crippen LogP) is 14.7. The van der Waals surface area contributed by atoms with E-state index in [0.717, 1.165) is 13.0 Å². The first-order valence-electron chi connectivity index (χ1n) is 21.8. The second kappa shape index (κ2) is 27.3. The van der Waals surface area contributed by atoms with Crippen molar-refractivity contribution in [2.75, 3.05) is 0 Å². The monoisotopic (exact) mass is 684 g/mol. The number of hydrogen-bond acceptors (Lipinski definition) is 0. The van der Waals surface area contributed by atoms with Gasteiger partial charge in [0, 0.05) is 5.41 Å². The van der Waals surface area contributed by atoms with Crippen LogP contribution < -0.4 is 4.57 Å². The summed E-state index contributed by atoms with van der Waals surface area (Å²) in [6, 6.07) is 23.1. The van der Waals surface area contributed by atoms with Crippen LogP contribution >= 0.6 is 0 Å². The first-order chi connectivity index (χ1) is 24.7.